The first-order valence-electron chi connectivity index (χ1n) is 15.0. The zero-order valence-electron chi connectivity index (χ0n) is 25.4. The van der Waals surface area contributed by atoms with E-state index in [9.17, 15) is 14.0 Å². The van der Waals surface area contributed by atoms with E-state index in [1.165, 1.54) is 0 Å². The molecule has 6 rings (SSSR count). The van der Waals surface area contributed by atoms with Gasteiger partial charge in [0.25, 0.3) is 0 Å². The van der Waals surface area contributed by atoms with Crippen molar-refractivity contribution in [3.63, 3.8) is 0 Å². The van der Waals surface area contributed by atoms with Crippen molar-refractivity contribution >= 4 is 57.1 Å². The van der Waals surface area contributed by atoms with Gasteiger partial charge in [-0.1, -0.05) is 0 Å². The molecule has 0 aliphatic heterocycles. The summed E-state index contributed by atoms with van der Waals surface area (Å²) in [6, 6.07) is 56.2. The Morgan fingerprint density at radius 2 is 0.787 bits per heavy atom. The van der Waals surface area contributed by atoms with Gasteiger partial charge in [0, 0.05) is 0 Å². The van der Waals surface area contributed by atoms with Gasteiger partial charge in [0.05, 0.1) is 0 Å². The summed E-state index contributed by atoms with van der Waals surface area (Å²) in [5.41, 5.74) is 0. The van der Waals surface area contributed by atoms with Crippen LogP contribution in [0.2, 0.25) is 0 Å². The molecule has 0 saturated carbocycles. The number of hydrogen-bond acceptors (Lipinski definition) is 5. The molecule has 0 N–H and O–H groups in total. The van der Waals surface area contributed by atoms with Gasteiger partial charge in [-0.25, -0.2) is 0 Å². The van der Waals surface area contributed by atoms with Crippen molar-refractivity contribution in [2.24, 2.45) is 0 Å². The maximum absolute atomic E-state index is 15.2. The predicted octanol–water partition coefficient (Wildman–Crippen LogP) is 2.71. The van der Waals surface area contributed by atoms with Gasteiger partial charge in [-0.15, -0.1) is 0 Å². The summed E-state index contributed by atoms with van der Waals surface area (Å²) < 4.78 is 45.1. The second-order valence-corrected chi connectivity index (χ2v) is 20.0. The van der Waals surface area contributed by atoms with Crippen LogP contribution in [-0.2, 0) is 8.87 Å². The van der Waals surface area contributed by atoms with E-state index in [1.807, 2.05) is 91.0 Å². The normalized spacial score (nSPS) is 12.9. The van der Waals surface area contributed by atoms with Gasteiger partial charge >= 0.3 is 278 Å². The molecule has 47 heavy (non-hydrogen) atoms. The molecule has 5 nitrogen and oxygen atoms in total. The fourth-order valence-corrected chi connectivity index (χ4v) is 17.6. The van der Waals surface area contributed by atoms with E-state index in [2.05, 4.69) is 0 Å². The second kappa shape index (κ2) is 13.5. The van der Waals surface area contributed by atoms with Crippen LogP contribution in [-0.4, -0.2) is 17.7 Å². The number of hydrogen-bond donors (Lipinski definition) is 0. The Morgan fingerprint density at radius 1 is 0.511 bits per heavy atom. The van der Waals surface area contributed by atoms with Crippen molar-refractivity contribution < 1.29 is 33.1 Å². The van der Waals surface area contributed by atoms with Gasteiger partial charge in [0.1, 0.15) is 0 Å². The first-order valence-corrected chi connectivity index (χ1v) is 20.5. The van der Waals surface area contributed by atoms with Crippen LogP contribution < -0.4 is 45.8 Å². The second-order valence-electron chi connectivity index (χ2n) is 11.1. The topological polar surface area (TPSA) is 95.5 Å². The summed E-state index contributed by atoms with van der Waals surface area (Å²) in [4.78, 5) is 15.2. The van der Waals surface area contributed by atoms with Gasteiger partial charge in [-0.05, 0) is 0 Å². The van der Waals surface area contributed by atoms with Crippen LogP contribution in [0.3, 0.4) is 0 Å². The Labute approximate surface area is 277 Å². The number of carbonyl (C=O) groups is 1. The molecule has 0 fully saturated rings. The van der Waals surface area contributed by atoms with Gasteiger partial charge in [-0.3, -0.25) is 0 Å². The molecule has 6 aromatic carbocycles. The summed E-state index contributed by atoms with van der Waals surface area (Å²) in [5, 5.41) is 4.23. The number of carbonyl (C=O) groups excluding carboxylic acids is 1. The zero-order valence-corrected chi connectivity index (χ0v) is 28.0. The first kappa shape index (κ1) is 32.8. The Hall–Kier alpha value is -4.15. The molecule has 0 aliphatic rings. The molecule has 0 aromatic heterocycles. The molecule has 0 radical (unpaired) electrons. The van der Waals surface area contributed by atoms with E-state index in [0.717, 1.165) is 15.9 Å². The third-order valence-corrected chi connectivity index (χ3v) is 19.4. The molecule has 6 aromatic rings. The summed E-state index contributed by atoms with van der Waals surface area (Å²) in [6.07, 6.45) is -0.396. The van der Waals surface area contributed by atoms with Crippen LogP contribution in [0.4, 0.5) is 0 Å². The molecular weight excluding hydrogens is 646 g/mol. The van der Waals surface area contributed by atoms with E-state index >= 15 is 4.79 Å². The zero-order chi connectivity index (χ0) is 32.8. The van der Waals surface area contributed by atoms with E-state index in [-0.39, 0.29) is 5.78 Å². The van der Waals surface area contributed by atoms with Crippen molar-refractivity contribution in [3.05, 3.63) is 182 Å². The summed E-state index contributed by atoms with van der Waals surface area (Å²) in [7, 11) is -5.03. The summed E-state index contributed by atoms with van der Waals surface area (Å²) in [6.45, 7) is -7.68. The summed E-state index contributed by atoms with van der Waals surface area (Å²) in [5.74, 6) is 1.43. The van der Waals surface area contributed by atoms with Crippen molar-refractivity contribution in [2.45, 2.75) is 0 Å². The minimum absolute atomic E-state index is 0.344. The van der Waals surface area contributed by atoms with Gasteiger partial charge < -0.3 is 0 Å². The molecule has 0 aliphatic carbocycles. The van der Waals surface area contributed by atoms with Crippen molar-refractivity contribution in [2.75, 3.05) is 6.16 Å². The fraction of sp³-hybridized carbons (Fsp3) is 0.0256. The van der Waals surface area contributed by atoms with Gasteiger partial charge in [-0.2, -0.15) is 0 Å². The van der Waals surface area contributed by atoms with Crippen molar-refractivity contribution in [1.82, 2.24) is 0 Å². The molecule has 0 heterocycles. The molecule has 8 heteroatoms. The molecule has 0 spiro atoms. The van der Waals surface area contributed by atoms with Crippen molar-refractivity contribution in [3.8, 4) is 0 Å². The summed E-state index contributed by atoms with van der Waals surface area (Å²) >= 11 is 0. The van der Waals surface area contributed by atoms with E-state index in [0.29, 0.717) is 15.9 Å². The van der Waals surface area contributed by atoms with Crippen LogP contribution in [0.15, 0.2) is 182 Å². The third-order valence-electron chi connectivity index (χ3n) is 8.43. The molecule has 0 saturated heterocycles. The molecular formula is C39H33ClO5P2. The Bertz CT molecular complexity index is 1780. The fourth-order valence-electron chi connectivity index (χ4n) is 6.50. The Morgan fingerprint density at radius 3 is 1.06 bits per heavy atom. The van der Waals surface area contributed by atoms with Crippen LogP contribution in [0.1, 0.15) is 0 Å². The average Bonchev–Trinajstić information content (AvgIpc) is 3.12. The van der Waals surface area contributed by atoms with Crippen LogP contribution in [0.25, 0.3) is 0 Å². The number of rotatable bonds is 11. The SMILES string of the molecule is O=C(C=P(c1ccccc1)(c1ccccc1)c1ccccc1)CP(O[Cl+3]([O-])([O-])[O-])(c1ccccc1)(c1ccccc1)c1ccccc1. The molecule has 0 amide bonds. The third kappa shape index (κ3) is 6.16. The van der Waals surface area contributed by atoms with E-state index in [4.69, 9.17) is 4.08 Å². The van der Waals surface area contributed by atoms with Crippen LogP contribution >= 0.6 is 13.7 Å². The standard InChI is InChI=1S/C39H33ClO5P2/c41-33(31-46(34-19-7-1-8-20-34,35-21-9-2-10-22-35)36-23-11-3-12-24-36)32-47(45-40(42,43)44,37-25-13-4-14-26-37,38-27-15-5-16-28-38)39-29-17-6-18-30-39/h1-31H,32H2. The number of Topliss-reactive ketones (excluding diaryl/α,β-unsaturated/α-hetero) is 1. The Balaban J connectivity index is 1.74. The van der Waals surface area contributed by atoms with Crippen LogP contribution in [0.5, 0.6) is 0 Å². The van der Waals surface area contributed by atoms with Crippen molar-refractivity contribution in [1.29, 1.82) is 0 Å². The predicted molar refractivity (Wildman–Crippen MR) is 187 cm³/mol. The first-order chi connectivity index (χ1) is 22.8. The van der Waals surface area contributed by atoms with E-state index < -0.39 is 30.1 Å². The average molecular weight is 679 g/mol. The maximum atomic E-state index is 15.2. The molecule has 0 bridgehead atoms. The Kier molecular flexibility index (Phi) is 9.43. The molecule has 0 unspecified atom stereocenters. The van der Waals surface area contributed by atoms with Gasteiger partial charge in [0.2, 0.25) is 0 Å². The number of benzene rings is 6. The van der Waals surface area contributed by atoms with Crippen LogP contribution in [0, 0.1) is 10.2 Å². The quantitative estimate of drug-likeness (QED) is 0.197. The van der Waals surface area contributed by atoms with E-state index in [1.54, 1.807) is 96.8 Å². The number of halogens is 1. The van der Waals surface area contributed by atoms with Gasteiger partial charge in [0.15, 0.2) is 0 Å². The monoisotopic (exact) mass is 678 g/mol. The minimum atomic E-state index is -5.03. The molecule has 0 atom stereocenters. The number of ketones is 1. The molecule has 236 valence electrons.